The number of benzene rings is 1. The molecule has 202 valence electrons. The van der Waals surface area contributed by atoms with Crippen LogP contribution in [0.1, 0.15) is 24.8 Å². The lowest BCUT2D eigenvalue weighted by molar-refractivity contribution is -0.127. The van der Waals surface area contributed by atoms with Gasteiger partial charge in [-0.2, -0.15) is 9.49 Å². The summed E-state index contributed by atoms with van der Waals surface area (Å²) in [5, 5.41) is 28.4. The fourth-order valence-electron chi connectivity index (χ4n) is 4.69. The van der Waals surface area contributed by atoms with Gasteiger partial charge in [0.2, 0.25) is 11.7 Å². The summed E-state index contributed by atoms with van der Waals surface area (Å²) in [6.45, 7) is 0.323. The quantitative estimate of drug-likeness (QED) is 0.300. The molecule has 0 unspecified atom stereocenters. The fraction of sp³-hybridized carbons (Fsp3) is 0.440. The summed E-state index contributed by atoms with van der Waals surface area (Å²) >= 11 is 0. The van der Waals surface area contributed by atoms with E-state index in [1.807, 2.05) is 0 Å². The lowest BCUT2D eigenvalue weighted by atomic mass is 9.88. The van der Waals surface area contributed by atoms with Gasteiger partial charge in [0.25, 0.3) is 0 Å². The smallest absolute Gasteiger partial charge is 0.231 e. The SMILES string of the molecule is NC(=O)CN1CC[C@@](O)(CNc2ncnc(N(Cc3ccc(-n4cccn4)cc3F)C3CC3)c2F)[C@H](O)C1. The summed E-state index contributed by atoms with van der Waals surface area (Å²) < 4.78 is 32.2. The normalized spacial score (nSPS) is 21.8. The molecule has 2 atom stereocenters. The average molecular weight is 529 g/mol. The van der Waals surface area contributed by atoms with Crippen molar-refractivity contribution in [1.82, 2.24) is 24.6 Å². The number of carbonyl (C=O) groups is 1. The summed E-state index contributed by atoms with van der Waals surface area (Å²) in [6, 6.07) is 6.55. The number of hydrogen-bond acceptors (Lipinski definition) is 9. The highest BCUT2D eigenvalue weighted by molar-refractivity contribution is 5.75. The molecular formula is C25H30F2N8O3. The van der Waals surface area contributed by atoms with E-state index >= 15 is 4.39 Å². The Kier molecular flexibility index (Phi) is 7.23. The molecule has 2 aromatic heterocycles. The van der Waals surface area contributed by atoms with E-state index in [4.69, 9.17) is 5.73 Å². The first-order valence-corrected chi connectivity index (χ1v) is 12.4. The molecule has 11 nitrogen and oxygen atoms in total. The minimum absolute atomic E-state index is 0.0121. The molecule has 0 bridgehead atoms. The Morgan fingerprint density at radius 3 is 2.76 bits per heavy atom. The number of piperidine rings is 1. The maximum Gasteiger partial charge on any atom is 0.231 e. The second-order valence-electron chi connectivity index (χ2n) is 9.87. The van der Waals surface area contributed by atoms with Crippen molar-refractivity contribution in [3.63, 3.8) is 0 Å². The number of nitrogens with zero attached hydrogens (tertiary/aromatic N) is 6. The Morgan fingerprint density at radius 1 is 1.29 bits per heavy atom. The molecule has 38 heavy (non-hydrogen) atoms. The van der Waals surface area contributed by atoms with E-state index in [1.54, 1.807) is 45.1 Å². The van der Waals surface area contributed by atoms with Gasteiger partial charge >= 0.3 is 0 Å². The van der Waals surface area contributed by atoms with Crippen molar-refractivity contribution in [1.29, 1.82) is 0 Å². The van der Waals surface area contributed by atoms with Gasteiger partial charge in [0.15, 0.2) is 11.6 Å². The van der Waals surface area contributed by atoms with Crippen LogP contribution in [0.2, 0.25) is 0 Å². The van der Waals surface area contributed by atoms with Crippen molar-refractivity contribution in [2.24, 2.45) is 5.73 Å². The van der Waals surface area contributed by atoms with Crippen LogP contribution in [-0.2, 0) is 11.3 Å². The van der Waals surface area contributed by atoms with Crippen LogP contribution >= 0.6 is 0 Å². The van der Waals surface area contributed by atoms with Crippen molar-refractivity contribution in [2.75, 3.05) is 36.4 Å². The number of nitrogens with one attached hydrogen (secondary N) is 1. The summed E-state index contributed by atoms with van der Waals surface area (Å²) in [7, 11) is 0. The minimum Gasteiger partial charge on any atom is -0.389 e. The Balaban J connectivity index is 1.30. The van der Waals surface area contributed by atoms with Gasteiger partial charge in [-0.15, -0.1) is 0 Å². The van der Waals surface area contributed by atoms with Crippen LogP contribution in [0.25, 0.3) is 5.69 Å². The molecule has 2 aliphatic rings. The minimum atomic E-state index is -1.55. The first-order chi connectivity index (χ1) is 18.2. The first-order valence-electron chi connectivity index (χ1n) is 12.4. The van der Waals surface area contributed by atoms with Gasteiger partial charge in [0.05, 0.1) is 18.3 Å². The maximum atomic E-state index is 15.6. The molecule has 3 heterocycles. The monoisotopic (exact) mass is 528 g/mol. The molecule has 13 heteroatoms. The zero-order valence-electron chi connectivity index (χ0n) is 20.7. The van der Waals surface area contributed by atoms with Gasteiger partial charge in [0, 0.05) is 50.2 Å². The molecule has 0 spiro atoms. The van der Waals surface area contributed by atoms with E-state index in [-0.39, 0.29) is 50.3 Å². The summed E-state index contributed by atoms with van der Waals surface area (Å²) in [5.41, 5.74) is 4.63. The average Bonchev–Trinajstić information content (AvgIpc) is 3.57. The van der Waals surface area contributed by atoms with Crippen molar-refractivity contribution in [3.05, 3.63) is 60.2 Å². The topological polar surface area (TPSA) is 146 Å². The van der Waals surface area contributed by atoms with Gasteiger partial charge in [0.1, 0.15) is 17.7 Å². The predicted molar refractivity (Wildman–Crippen MR) is 134 cm³/mol. The zero-order chi connectivity index (χ0) is 26.9. The third-order valence-electron chi connectivity index (χ3n) is 7.03. The van der Waals surface area contributed by atoms with Gasteiger partial charge in [-0.1, -0.05) is 6.07 Å². The summed E-state index contributed by atoms with van der Waals surface area (Å²) in [6.07, 6.45) is 5.16. The van der Waals surface area contributed by atoms with E-state index in [0.29, 0.717) is 17.8 Å². The molecule has 3 aromatic rings. The van der Waals surface area contributed by atoms with Crippen LogP contribution in [0, 0.1) is 11.6 Å². The fourth-order valence-corrected chi connectivity index (χ4v) is 4.69. The lowest BCUT2D eigenvalue weighted by Gasteiger charge is -2.41. The number of amides is 1. The van der Waals surface area contributed by atoms with E-state index in [2.05, 4.69) is 20.4 Å². The van der Waals surface area contributed by atoms with Gasteiger partial charge in [-0.3, -0.25) is 9.69 Å². The standard InChI is InChI=1S/C25H30F2N8O3/c26-19-10-18(35-8-1-7-32-35)3-2-16(19)11-34(17-4-5-17)24-22(27)23(30-15-31-24)29-14-25(38)6-9-33(12-20(25)36)13-21(28)37/h1-3,7-8,10,15,17,20,36,38H,4-6,9,11-14H2,(H2,28,37)(H,29,30,31)/t20-,25-/m1/s1. The largest absolute Gasteiger partial charge is 0.389 e. The van der Waals surface area contributed by atoms with Crippen LogP contribution in [0.3, 0.4) is 0 Å². The molecule has 1 amide bonds. The highest BCUT2D eigenvalue weighted by atomic mass is 19.1. The number of primary amides is 1. The number of aromatic nitrogens is 4. The maximum absolute atomic E-state index is 15.6. The molecular weight excluding hydrogens is 498 g/mol. The number of likely N-dealkylation sites (tertiary alicyclic amines) is 1. The second kappa shape index (κ2) is 10.6. The number of hydrogen-bond donors (Lipinski definition) is 4. The number of nitrogens with two attached hydrogens (primary N) is 1. The number of rotatable bonds is 10. The van der Waals surface area contributed by atoms with Crippen LogP contribution in [0.15, 0.2) is 43.0 Å². The molecule has 1 aliphatic heterocycles. The number of anilines is 2. The molecule has 1 saturated carbocycles. The molecule has 0 radical (unpaired) electrons. The molecule has 5 rings (SSSR count). The predicted octanol–water partition coefficient (Wildman–Crippen LogP) is 0.804. The van der Waals surface area contributed by atoms with E-state index in [1.165, 1.54) is 12.4 Å². The summed E-state index contributed by atoms with van der Waals surface area (Å²) in [5.74, 6) is -1.78. The van der Waals surface area contributed by atoms with Crippen LogP contribution < -0.4 is 16.0 Å². The van der Waals surface area contributed by atoms with Crippen molar-refractivity contribution in [2.45, 2.75) is 43.6 Å². The molecule has 5 N–H and O–H groups in total. The number of aliphatic hydroxyl groups is 2. The third-order valence-corrected chi connectivity index (χ3v) is 7.03. The Hall–Kier alpha value is -3.68. The first kappa shape index (κ1) is 25.9. The van der Waals surface area contributed by atoms with Crippen LogP contribution in [-0.4, -0.2) is 84.7 Å². The van der Waals surface area contributed by atoms with Crippen molar-refractivity contribution >= 4 is 17.5 Å². The Labute approximate surface area is 217 Å². The lowest BCUT2D eigenvalue weighted by Crippen LogP contribution is -2.59. The van der Waals surface area contributed by atoms with E-state index in [9.17, 15) is 19.4 Å². The Morgan fingerprint density at radius 2 is 2.11 bits per heavy atom. The molecule has 2 fully saturated rings. The second-order valence-corrected chi connectivity index (χ2v) is 9.87. The molecule has 1 aromatic carbocycles. The van der Waals surface area contributed by atoms with Crippen molar-refractivity contribution < 1.29 is 23.8 Å². The number of β-amino-alcohol motifs (C(OH)–C–C–N with tert-alkyl or cyclic N) is 1. The van der Waals surface area contributed by atoms with E-state index < -0.39 is 29.2 Å². The van der Waals surface area contributed by atoms with E-state index in [0.717, 1.165) is 12.8 Å². The van der Waals surface area contributed by atoms with Crippen LogP contribution in [0.4, 0.5) is 20.4 Å². The summed E-state index contributed by atoms with van der Waals surface area (Å²) in [4.78, 5) is 22.7. The Bertz CT molecular complexity index is 1290. The van der Waals surface area contributed by atoms with Gasteiger partial charge in [-0.25, -0.2) is 19.0 Å². The third kappa shape index (κ3) is 5.59. The van der Waals surface area contributed by atoms with Crippen molar-refractivity contribution in [3.8, 4) is 5.69 Å². The van der Waals surface area contributed by atoms with Crippen LogP contribution in [0.5, 0.6) is 0 Å². The molecule has 1 aliphatic carbocycles. The highest BCUT2D eigenvalue weighted by Gasteiger charge is 2.41. The number of carbonyl (C=O) groups excluding carboxylic acids is 1. The highest BCUT2D eigenvalue weighted by Crippen LogP contribution is 2.35. The number of aliphatic hydroxyl groups excluding tert-OH is 1. The van der Waals surface area contributed by atoms with Gasteiger partial charge in [-0.05, 0) is 37.5 Å². The van der Waals surface area contributed by atoms with Gasteiger partial charge < -0.3 is 26.2 Å². The zero-order valence-corrected chi connectivity index (χ0v) is 20.7. The number of halogens is 2. The molecule has 1 saturated heterocycles.